The van der Waals surface area contributed by atoms with E-state index in [9.17, 15) is 22.4 Å². The lowest BCUT2D eigenvalue weighted by Gasteiger charge is -2.35. The van der Waals surface area contributed by atoms with Gasteiger partial charge in [0.05, 0.1) is 10.6 Å². The van der Waals surface area contributed by atoms with E-state index in [4.69, 9.17) is 0 Å². The van der Waals surface area contributed by atoms with Crippen LogP contribution in [0.15, 0.2) is 112 Å². The summed E-state index contributed by atoms with van der Waals surface area (Å²) in [6, 6.07) is 27.4. The van der Waals surface area contributed by atoms with Gasteiger partial charge in [-0.05, 0) is 79.4 Å². The van der Waals surface area contributed by atoms with Gasteiger partial charge in [-0.1, -0.05) is 95.4 Å². The number of nitrogens with one attached hydrogen (secondary N) is 1. The van der Waals surface area contributed by atoms with E-state index in [1.54, 1.807) is 12.1 Å². The summed E-state index contributed by atoms with van der Waals surface area (Å²) in [5.41, 5.74) is 2.65. The third kappa shape index (κ3) is 9.08. The molecule has 0 heterocycles. The third-order valence-corrected chi connectivity index (χ3v) is 10.7. The van der Waals surface area contributed by atoms with Crippen molar-refractivity contribution in [3.8, 4) is 0 Å². The lowest BCUT2D eigenvalue weighted by atomic mass is 9.94. The van der Waals surface area contributed by atoms with Gasteiger partial charge in [0.2, 0.25) is 11.8 Å². The summed E-state index contributed by atoms with van der Waals surface area (Å²) < 4.78 is 44.0. The number of amides is 2. The normalized spacial score (nSPS) is 14.3. The molecule has 4 aromatic carbocycles. The fourth-order valence-corrected chi connectivity index (χ4v) is 7.76. The van der Waals surface area contributed by atoms with Crippen LogP contribution in [0.2, 0.25) is 0 Å². The standard InChI is InChI=1S/C37H39BrFN3O4S/c1-27-15-21-34(22-16-27)47(45,46)42(33-19-17-31(39)18-20-33)26-36(43)41(25-29-11-8-12-30(38)23-29)35(24-28-9-4-2-5-10-28)37(44)40-32-13-6-3-7-14-32/h2,4-5,8-12,15-23,32,35H,3,6-7,13-14,24-26H2,1H3,(H,40,44)/t35-/m1/s1. The second-order valence-corrected chi connectivity index (χ2v) is 14.8. The molecule has 4 aromatic rings. The van der Waals surface area contributed by atoms with Crippen LogP contribution in [0.3, 0.4) is 0 Å². The molecule has 0 bridgehead atoms. The topological polar surface area (TPSA) is 86.8 Å². The van der Waals surface area contributed by atoms with Gasteiger partial charge < -0.3 is 10.2 Å². The Balaban J connectivity index is 1.56. The molecule has 1 aliphatic rings. The minimum absolute atomic E-state index is 0.00496. The summed E-state index contributed by atoms with van der Waals surface area (Å²) in [6.45, 7) is 1.32. The molecule has 5 rings (SSSR count). The lowest BCUT2D eigenvalue weighted by Crippen LogP contribution is -2.55. The maximum Gasteiger partial charge on any atom is 0.264 e. The Morgan fingerprint density at radius 1 is 0.872 bits per heavy atom. The summed E-state index contributed by atoms with van der Waals surface area (Å²) in [5, 5.41) is 3.21. The van der Waals surface area contributed by atoms with Gasteiger partial charge >= 0.3 is 0 Å². The maximum absolute atomic E-state index is 14.6. The number of nitrogens with zero attached hydrogens (tertiary/aromatic N) is 2. The van der Waals surface area contributed by atoms with Crippen LogP contribution in [0.1, 0.15) is 48.8 Å². The Labute approximate surface area is 285 Å². The SMILES string of the molecule is Cc1ccc(S(=O)(=O)N(CC(=O)N(Cc2cccc(Br)c2)[C@H](Cc2ccccc2)C(=O)NC2CCCCC2)c2ccc(F)cc2)cc1. The van der Waals surface area contributed by atoms with E-state index < -0.39 is 34.3 Å². The van der Waals surface area contributed by atoms with Crippen LogP contribution in [0.25, 0.3) is 0 Å². The third-order valence-electron chi connectivity index (χ3n) is 8.47. The van der Waals surface area contributed by atoms with Gasteiger partial charge in [-0.25, -0.2) is 12.8 Å². The highest BCUT2D eigenvalue weighted by molar-refractivity contribution is 9.10. The van der Waals surface area contributed by atoms with Crippen molar-refractivity contribution in [2.45, 2.75) is 69.0 Å². The molecule has 0 radical (unpaired) electrons. The molecule has 0 aromatic heterocycles. The van der Waals surface area contributed by atoms with E-state index in [0.717, 1.165) is 69.7 Å². The van der Waals surface area contributed by atoms with Gasteiger partial charge in [0.25, 0.3) is 10.0 Å². The molecule has 1 saturated carbocycles. The number of rotatable bonds is 12. The number of carbonyl (C=O) groups is 2. The number of sulfonamides is 1. The van der Waals surface area contributed by atoms with Gasteiger partial charge in [-0.3, -0.25) is 13.9 Å². The van der Waals surface area contributed by atoms with Crippen molar-refractivity contribution in [3.05, 3.63) is 130 Å². The zero-order valence-electron chi connectivity index (χ0n) is 26.3. The van der Waals surface area contributed by atoms with Crippen molar-refractivity contribution in [2.24, 2.45) is 0 Å². The van der Waals surface area contributed by atoms with E-state index in [2.05, 4.69) is 21.2 Å². The lowest BCUT2D eigenvalue weighted by molar-refractivity contribution is -0.140. The molecule has 1 N–H and O–H groups in total. The van der Waals surface area contributed by atoms with Gasteiger partial charge in [0, 0.05) is 23.5 Å². The number of carbonyl (C=O) groups excluding carboxylic acids is 2. The Bertz CT molecular complexity index is 1760. The molecule has 246 valence electrons. The van der Waals surface area contributed by atoms with Crippen molar-refractivity contribution in [1.82, 2.24) is 10.2 Å². The van der Waals surface area contributed by atoms with Crippen molar-refractivity contribution >= 4 is 43.5 Å². The Morgan fingerprint density at radius 2 is 1.53 bits per heavy atom. The molecular weight excluding hydrogens is 681 g/mol. The zero-order valence-corrected chi connectivity index (χ0v) is 28.7. The van der Waals surface area contributed by atoms with Gasteiger partial charge in [0.1, 0.15) is 18.4 Å². The van der Waals surface area contributed by atoms with Crippen LogP contribution < -0.4 is 9.62 Å². The van der Waals surface area contributed by atoms with Crippen molar-refractivity contribution in [3.63, 3.8) is 0 Å². The van der Waals surface area contributed by atoms with Crippen LogP contribution >= 0.6 is 15.9 Å². The number of halogens is 2. The van der Waals surface area contributed by atoms with Crippen molar-refractivity contribution in [1.29, 1.82) is 0 Å². The fourth-order valence-electron chi connectivity index (χ4n) is 5.90. The van der Waals surface area contributed by atoms with Gasteiger partial charge in [-0.15, -0.1) is 0 Å². The van der Waals surface area contributed by atoms with Gasteiger partial charge in [-0.2, -0.15) is 0 Å². The average Bonchev–Trinajstić information content (AvgIpc) is 3.06. The first-order valence-electron chi connectivity index (χ1n) is 15.8. The minimum atomic E-state index is -4.26. The number of hydrogen-bond donors (Lipinski definition) is 1. The number of benzene rings is 4. The largest absolute Gasteiger partial charge is 0.352 e. The molecule has 1 fully saturated rings. The fraction of sp³-hybridized carbons (Fsp3) is 0.297. The molecule has 0 saturated heterocycles. The van der Waals surface area contributed by atoms with Crippen LogP contribution in [-0.2, 0) is 32.6 Å². The molecule has 10 heteroatoms. The first-order valence-corrected chi connectivity index (χ1v) is 18.1. The predicted molar refractivity (Wildman–Crippen MR) is 186 cm³/mol. The molecule has 47 heavy (non-hydrogen) atoms. The first-order chi connectivity index (χ1) is 22.6. The minimum Gasteiger partial charge on any atom is -0.352 e. The smallest absolute Gasteiger partial charge is 0.264 e. The van der Waals surface area contributed by atoms with E-state index in [-0.39, 0.29) is 35.5 Å². The molecule has 1 atom stereocenters. The van der Waals surface area contributed by atoms with Crippen LogP contribution in [-0.4, -0.2) is 43.8 Å². The van der Waals surface area contributed by atoms with E-state index >= 15 is 0 Å². The summed E-state index contributed by atoms with van der Waals surface area (Å²) in [4.78, 5) is 30.2. The van der Waals surface area contributed by atoms with Crippen molar-refractivity contribution in [2.75, 3.05) is 10.8 Å². The second-order valence-electron chi connectivity index (χ2n) is 12.0. The first kappa shape index (κ1) is 34.3. The molecule has 0 unspecified atom stereocenters. The Morgan fingerprint density at radius 3 is 2.19 bits per heavy atom. The molecular formula is C37H39BrFN3O4S. The van der Waals surface area contributed by atoms with E-state index in [1.807, 2.05) is 61.5 Å². The quantitative estimate of drug-likeness (QED) is 0.168. The number of aryl methyl sites for hydroxylation is 1. The molecule has 7 nitrogen and oxygen atoms in total. The Hall–Kier alpha value is -4.02. The van der Waals surface area contributed by atoms with Crippen LogP contribution in [0.5, 0.6) is 0 Å². The predicted octanol–water partition coefficient (Wildman–Crippen LogP) is 7.18. The van der Waals surface area contributed by atoms with E-state index in [1.165, 1.54) is 29.2 Å². The van der Waals surface area contributed by atoms with Crippen LogP contribution in [0.4, 0.5) is 10.1 Å². The zero-order chi connectivity index (χ0) is 33.4. The Kier molecular flexibility index (Phi) is 11.5. The summed E-state index contributed by atoms with van der Waals surface area (Å²) >= 11 is 3.51. The highest BCUT2D eigenvalue weighted by atomic mass is 79.9. The highest BCUT2D eigenvalue weighted by Crippen LogP contribution is 2.26. The average molecular weight is 721 g/mol. The van der Waals surface area contributed by atoms with Crippen molar-refractivity contribution < 1.29 is 22.4 Å². The molecule has 0 aliphatic heterocycles. The molecule has 1 aliphatic carbocycles. The van der Waals surface area contributed by atoms with Gasteiger partial charge in [0.15, 0.2) is 0 Å². The highest BCUT2D eigenvalue weighted by Gasteiger charge is 2.35. The molecule has 0 spiro atoms. The maximum atomic E-state index is 14.6. The number of anilines is 1. The van der Waals surface area contributed by atoms with Crippen LogP contribution in [0, 0.1) is 12.7 Å². The monoisotopic (exact) mass is 719 g/mol. The summed E-state index contributed by atoms with van der Waals surface area (Å²) in [7, 11) is -4.26. The number of hydrogen-bond acceptors (Lipinski definition) is 4. The molecule has 2 amide bonds. The van der Waals surface area contributed by atoms with E-state index in [0.29, 0.717) is 0 Å². The summed E-state index contributed by atoms with van der Waals surface area (Å²) in [5.74, 6) is -1.38. The summed E-state index contributed by atoms with van der Waals surface area (Å²) in [6.07, 6.45) is 5.16. The second kappa shape index (κ2) is 15.7.